The van der Waals surface area contributed by atoms with Crippen LogP contribution in [0, 0.1) is 6.92 Å². The summed E-state index contributed by atoms with van der Waals surface area (Å²) in [6.07, 6.45) is 6.36. The van der Waals surface area contributed by atoms with Crippen LogP contribution in [0.3, 0.4) is 0 Å². The average Bonchev–Trinajstić information content (AvgIpc) is 2.43. The predicted molar refractivity (Wildman–Crippen MR) is 54.7 cm³/mol. The van der Waals surface area contributed by atoms with Gasteiger partial charge in [-0.25, -0.2) is 0 Å². The molecule has 1 aromatic heterocycles. The smallest absolute Gasteiger partial charge is 0.0571 e. The predicted octanol–water partition coefficient (Wildman–Crippen LogP) is 3.13. The van der Waals surface area contributed by atoms with Crippen LogP contribution in [0.25, 0.3) is 0 Å². The van der Waals surface area contributed by atoms with Crippen LogP contribution in [0.4, 0.5) is 0 Å². The zero-order valence-corrected chi connectivity index (χ0v) is 8.74. The normalized spacial score (nSPS) is 11.2. The molecule has 2 heteroatoms. The molecular weight excluding hydrogens is 166 g/mol. The van der Waals surface area contributed by atoms with Crippen LogP contribution >= 0.6 is 11.5 Å². The van der Waals surface area contributed by atoms with E-state index in [1.165, 1.54) is 16.1 Å². The van der Waals surface area contributed by atoms with Gasteiger partial charge in [0.1, 0.15) is 0 Å². The summed E-state index contributed by atoms with van der Waals surface area (Å²) >= 11 is 1.64. The zero-order valence-electron chi connectivity index (χ0n) is 7.92. The molecule has 0 N–H and O–H groups in total. The van der Waals surface area contributed by atoms with E-state index in [0.717, 1.165) is 12.8 Å². The van der Waals surface area contributed by atoms with Gasteiger partial charge in [-0.3, -0.25) is 0 Å². The first-order valence-electron chi connectivity index (χ1n) is 4.34. The molecule has 0 unspecified atom stereocenters. The number of nitrogens with zero attached hydrogens (tertiary/aromatic N) is 1. The van der Waals surface area contributed by atoms with Crippen molar-refractivity contribution in [2.75, 3.05) is 0 Å². The largest absolute Gasteiger partial charge is 0.197 e. The van der Waals surface area contributed by atoms with E-state index < -0.39 is 0 Å². The Kier molecular flexibility index (Phi) is 3.48. The van der Waals surface area contributed by atoms with Crippen molar-refractivity contribution in [3.8, 4) is 0 Å². The van der Waals surface area contributed by atoms with Crippen molar-refractivity contribution in [2.45, 2.75) is 33.6 Å². The van der Waals surface area contributed by atoms with Crippen LogP contribution in [0.1, 0.15) is 30.0 Å². The average molecular weight is 181 g/mol. The second-order valence-corrected chi connectivity index (χ2v) is 3.66. The molecule has 0 amide bonds. The number of aryl methyl sites for hydroxylation is 1. The van der Waals surface area contributed by atoms with Crippen LogP contribution in [-0.2, 0) is 12.8 Å². The van der Waals surface area contributed by atoms with Gasteiger partial charge < -0.3 is 0 Å². The maximum absolute atomic E-state index is 4.39. The van der Waals surface area contributed by atoms with Crippen molar-refractivity contribution in [3.05, 3.63) is 28.3 Å². The van der Waals surface area contributed by atoms with Crippen molar-refractivity contribution in [3.63, 3.8) is 0 Å². The van der Waals surface area contributed by atoms with Crippen LogP contribution in [0.2, 0.25) is 0 Å². The summed E-state index contributed by atoms with van der Waals surface area (Å²) in [6.45, 7) is 6.37. The van der Waals surface area contributed by atoms with Crippen molar-refractivity contribution in [1.82, 2.24) is 4.37 Å². The molecule has 0 aromatic carbocycles. The lowest BCUT2D eigenvalue weighted by molar-refractivity contribution is 1.05. The van der Waals surface area contributed by atoms with Crippen LogP contribution in [-0.4, -0.2) is 4.37 Å². The highest BCUT2D eigenvalue weighted by Gasteiger charge is 2.05. The fourth-order valence-electron chi connectivity index (χ4n) is 1.15. The molecule has 0 spiro atoms. The second-order valence-electron chi connectivity index (χ2n) is 2.80. The van der Waals surface area contributed by atoms with Crippen molar-refractivity contribution < 1.29 is 0 Å². The summed E-state index contributed by atoms with van der Waals surface area (Å²) in [7, 11) is 0. The number of hydrogen-bond donors (Lipinski definition) is 0. The number of hydrogen-bond acceptors (Lipinski definition) is 2. The first-order chi connectivity index (χ1) is 5.79. The fraction of sp³-hybridized carbons (Fsp3) is 0.500. The Morgan fingerprint density at radius 1 is 1.50 bits per heavy atom. The van der Waals surface area contributed by atoms with E-state index in [1.54, 1.807) is 11.5 Å². The minimum Gasteiger partial charge on any atom is -0.197 e. The highest BCUT2D eigenvalue weighted by atomic mass is 32.1. The van der Waals surface area contributed by atoms with E-state index in [1.807, 2.05) is 0 Å². The minimum atomic E-state index is 1.04. The van der Waals surface area contributed by atoms with E-state index in [9.17, 15) is 0 Å². The molecule has 0 saturated carbocycles. The first kappa shape index (κ1) is 9.46. The maximum atomic E-state index is 4.39. The van der Waals surface area contributed by atoms with E-state index in [4.69, 9.17) is 0 Å². The van der Waals surface area contributed by atoms with Crippen molar-refractivity contribution in [2.24, 2.45) is 0 Å². The van der Waals surface area contributed by atoms with Crippen LogP contribution < -0.4 is 0 Å². The summed E-state index contributed by atoms with van der Waals surface area (Å²) in [5.41, 5.74) is 2.65. The highest BCUT2D eigenvalue weighted by Crippen LogP contribution is 2.18. The Bertz CT molecular complexity index is 273. The molecule has 66 valence electrons. The Labute approximate surface area is 78.3 Å². The Morgan fingerprint density at radius 2 is 2.25 bits per heavy atom. The van der Waals surface area contributed by atoms with Gasteiger partial charge in [-0.2, -0.15) is 4.37 Å². The molecule has 0 fully saturated rings. The molecule has 1 heterocycles. The van der Waals surface area contributed by atoms with Gasteiger partial charge in [0.15, 0.2) is 0 Å². The monoisotopic (exact) mass is 181 g/mol. The summed E-state index contributed by atoms with van der Waals surface area (Å²) in [6, 6.07) is 0. The second kappa shape index (κ2) is 4.41. The molecular formula is C10H15NS. The van der Waals surface area contributed by atoms with Crippen LogP contribution in [0.15, 0.2) is 12.2 Å². The van der Waals surface area contributed by atoms with Gasteiger partial charge in [-0.15, -0.1) is 0 Å². The van der Waals surface area contributed by atoms with Gasteiger partial charge in [-0.1, -0.05) is 19.1 Å². The Balaban J connectivity index is 2.79. The zero-order chi connectivity index (χ0) is 8.97. The summed E-state index contributed by atoms with van der Waals surface area (Å²) in [4.78, 5) is 1.41. The number of rotatable bonds is 3. The van der Waals surface area contributed by atoms with Gasteiger partial charge in [0.25, 0.3) is 0 Å². The van der Waals surface area contributed by atoms with Gasteiger partial charge >= 0.3 is 0 Å². The van der Waals surface area contributed by atoms with Gasteiger partial charge in [0, 0.05) is 11.3 Å². The topological polar surface area (TPSA) is 12.9 Å². The first-order valence-corrected chi connectivity index (χ1v) is 5.12. The third-order valence-corrected chi connectivity index (χ3v) is 3.00. The maximum Gasteiger partial charge on any atom is 0.0571 e. The molecule has 0 saturated heterocycles. The van der Waals surface area contributed by atoms with E-state index in [2.05, 4.69) is 37.3 Å². The molecule has 0 aliphatic carbocycles. The summed E-state index contributed by atoms with van der Waals surface area (Å²) < 4.78 is 4.39. The van der Waals surface area contributed by atoms with Gasteiger partial charge in [-0.05, 0) is 37.4 Å². The fourth-order valence-corrected chi connectivity index (χ4v) is 2.06. The molecule has 0 bridgehead atoms. The van der Waals surface area contributed by atoms with Gasteiger partial charge in [0.05, 0.1) is 5.69 Å². The Morgan fingerprint density at radius 3 is 2.75 bits per heavy atom. The molecule has 0 atom stereocenters. The summed E-state index contributed by atoms with van der Waals surface area (Å²) in [5, 5.41) is 0. The quantitative estimate of drug-likeness (QED) is 0.653. The molecule has 0 aliphatic heterocycles. The van der Waals surface area contributed by atoms with Gasteiger partial charge in [0.2, 0.25) is 0 Å². The lowest BCUT2D eigenvalue weighted by Crippen LogP contribution is -1.84. The molecule has 0 aliphatic rings. The minimum absolute atomic E-state index is 1.04. The number of aromatic nitrogens is 1. The summed E-state index contributed by atoms with van der Waals surface area (Å²) in [5.74, 6) is 0. The lowest BCUT2D eigenvalue weighted by atomic mass is 10.1. The third-order valence-electron chi connectivity index (χ3n) is 1.99. The highest BCUT2D eigenvalue weighted by molar-refractivity contribution is 7.06. The van der Waals surface area contributed by atoms with Crippen molar-refractivity contribution >= 4 is 11.5 Å². The standard InChI is InChI=1S/C10H15NS/c1-4-6-7-10-8(3)9(5-2)11-12-10/h4,6H,5,7H2,1-3H3. The third kappa shape index (κ3) is 1.95. The van der Waals surface area contributed by atoms with E-state index in [-0.39, 0.29) is 0 Å². The van der Waals surface area contributed by atoms with Crippen molar-refractivity contribution in [1.29, 1.82) is 0 Å². The molecule has 1 nitrogen and oxygen atoms in total. The molecule has 12 heavy (non-hydrogen) atoms. The molecule has 1 rings (SSSR count). The number of allylic oxidation sites excluding steroid dienone is 2. The van der Waals surface area contributed by atoms with E-state index in [0.29, 0.717) is 0 Å². The van der Waals surface area contributed by atoms with Crippen LogP contribution in [0.5, 0.6) is 0 Å². The molecule has 1 aromatic rings. The lowest BCUT2D eigenvalue weighted by Gasteiger charge is -1.93. The Hall–Kier alpha value is -0.630. The SMILES string of the molecule is CC=CCc1snc(CC)c1C. The van der Waals surface area contributed by atoms with E-state index >= 15 is 0 Å². The molecule has 0 radical (unpaired) electrons.